The monoisotopic (exact) mass is 626 g/mol. The molecule has 0 radical (unpaired) electrons. The highest BCUT2D eigenvalue weighted by atomic mass is 79.9. The molecule has 1 heterocycles. The minimum absolute atomic E-state index is 0.0553. The molecule has 0 bridgehead atoms. The molecule has 3 aromatic carbocycles. The Morgan fingerprint density at radius 3 is 2.15 bits per heavy atom. The second-order valence-corrected chi connectivity index (χ2v) is 13.7. The Hall–Kier alpha value is -2.71. The molecule has 0 unspecified atom stereocenters. The van der Waals surface area contributed by atoms with Gasteiger partial charge in [-0.1, -0.05) is 47.7 Å². The van der Waals surface area contributed by atoms with Crippen LogP contribution in [-0.4, -0.2) is 22.6 Å². The van der Waals surface area contributed by atoms with E-state index in [1.807, 2.05) is 24.3 Å². The van der Waals surface area contributed by atoms with E-state index in [0.717, 1.165) is 60.1 Å². The predicted octanol–water partition coefficient (Wildman–Crippen LogP) is 7.91. The van der Waals surface area contributed by atoms with Gasteiger partial charge < -0.3 is 18.4 Å². The first-order valence-corrected chi connectivity index (χ1v) is 16.3. The highest BCUT2D eigenvalue weighted by Gasteiger charge is 2.60. The summed E-state index contributed by atoms with van der Waals surface area (Å²) in [7, 11) is -0.875. The maximum atomic E-state index is 13.5. The van der Waals surface area contributed by atoms with Gasteiger partial charge in [-0.05, 0) is 74.6 Å². The van der Waals surface area contributed by atoms with Gasteiger partial charge in [-0.3, -0.25) is 0 Å². The summed E-state index contributed by atoms with van der Waals surface area (Å²) < 4.78 is 52.1. The van der Waals surface area contributed by atoms with Gasteiger partial charge in [-0.25, -0.2) is 0 Å². The van der Waals surface area contributed by atoms with E-state index < -0.39 is 15.7 Å². The van der Waals surface area contributed by atoms with Gasteiger partial charge >= 0.3 is 10.1 Å². The Balaban J connectivity index is 1.54. The molecule has 0 N–H and O–H groups in total. The molecule has 0 amide bonds. The van der Waals surface area contributed by atoms with Gasteiger partial charge in [0.1, 0.15) is 27.7 Å². The fraction of sp³-hybridized carbons (Fsp3) is 0.438. The number of ether oxygens (including phenoxy) is 3. The number of hydrogen-bond donors (Lipinski definition) is 0. The highest BCUT2D eigenvalue weighted by molar-refractivity contribution is 9.10. The maximum absolute atomic E-state index is 13.5. The third kappa shape index (κ3) is 4.57. The van der Waals surface area contributed by atoms with Crippen LogP contribution in [0.25, 0.3) is 0 Å². The van der Waals surface area contributed by atoms with Crippen molar-refractivity contribution in [1.29, 1.82) is 0 Å². The summed E-state index contributed by atoms with van der Waals surface area (Å²) in [5.74, 6) is 2.54. The second kappa shape index (κ2) is 10.6. The van der Waals surface area contributed by atoms with Crippen molar-refractivity contribution in [2.24, 2.45) is 5.92 Å². The van der Waals surface area contributed by atoms with Crippen LogP contribution in [0.4, 0.5) is 0 Å². The molecule has 0 saturated heterocycles. The summed E-state index contributed by atoms with van der Waals surface area (Å²) in [6.45, 7) is 0. The minimum Gasteiger partial charge on any atom is -0.497 e. The molecule has 8 heteroatoms. The molecule has 40 heavy (non-hydrogen) atoms. The largest absolute Gasteiger partial charge is 0.497 e. The van der Waals surface area contributed by atoms with Crippen molar-refractivity contribution in [3.8, 4) is 23.0 Å². The molecule has 2 fully saturated rings. The van der Waals surface area contributed by atoms with Crippen molar-refractivity contribution in [2.45, 2.75) is 73.7 Å². The van der Waals surface area contributed by atoms with Crippen molar-refractivity contribution >= 4 is 26.0 Å². The van der Waals surface area contributed by atoms with Crippen LogP contribution in [0, 0.1) is 5.92 Å². The van der Waals surface area contributed by atoms with Crippen LogP contribution in [0.3, 0.4) is 0 Å². The average Bonchev–Trinajstić information content (AvgIpc) is 2.97. The molecule has 2 aliphatic carbocycles. The lowest BCUT2D eigenvalue weighted by Gasteiger charge is -2.58. The van der Waals surface area contributed by atoms with E-state index in [9.17, 15) is 8.42 Å². The lowest BCUT2D eigenvalue weighted by Crippen LogP contribution is -2.57. The number of fused-ring (bicyclic) bond motifs is 4. The summed E-state index contributed by atoms with van der Waals surface area (Å²) in [4.78, 5) is 0.0885. The third-order valence-electron chi connectivity index (χ3n) is 9.23. The van der Waals surface area contributed by atoms with Gasteiger partial charge in [-0.2, -0.15) is 8.42 Å². The standard InChI is InChI=1S/C32H35BrO6S/c1-36-23-11-15-26-28(20-23)38-32(19-7-4-8-30(32)31(26)17-5-3-6-18-31)27-16-12-24(37-2)21-29(27)39-40(34,35)25-13-9-22(33)10-14-25/h9-16,20-21,30H,3-8,17-19H2,1-2H3/t30-,32-/m1/s1. The molecule has 212 valence electrons. The smallest absolute Gasteiger partial charge is 0.339 e. The van der Waals surface area contributed by atoms with Crippen molar-refractivity contribution < 1.29 is 26.8 Å². The van der Waals surface area contributed by atoms with Crippen LogP contribution in [0.2, 0.25) is 0 Å². The Morgan fingerprint density at radius 2 is 1.45 bits per heavy atom. The molecular weight excluding hydrogens is 592 g/mol. The van der Waals surface area contributed by atoms with E-state index in [2.05, 4.69) is 22.0 Å². The molecular formula is C32H35BrO6S. The van der Waals surface area contributed by atoms with Gasteiger partial charge in [0.2, 0.25) is 0 Å². The molecule has 2 saturated carbocycles. The fourth-order valence-electron chi connectivity index (χ4n) is 7.49. The van der Waals surface area contributed by atoms with E-state index >= 15 is 0 Å². The molecule has 0 aromatic heterocycles. The van der Waals surface area contributed by atoms with Crippen LogP contribution in [0.15, 0.2) is 70.0 Å². The SMILES string of the molecule is COc1ccc2c(c1)O[C@@]1(c3ccc(OC)cc3OS(=O)(=O)c3ccc(Br)cc3)CCCC[C@@H]1C21CCCCC1. The lowest BCUT2D eigenvalue weighted by molar-refractivity contribution is -0.0956. The van der Waals surface area contributed by atoms with E-state index in [1.54, 1.807) is 32.4 Å². The summed E-state index contributed by atoms with van der Waals surface area (Å²) >= 11 is 3.38. The van der Waals surface area contributed by atoms with Gasteiger partial charge in [0.05, 0.1) is 14.2 Å². The van der Waals surface area contributed by atoms with Crippen LogP contribution >= 0.6 is 15.9 Å². The van der Waals surface area contributed by atoms with Crippen LogP contribution in [0.5, 0.6) is 23.0 Å². The molecule has 3 aromatic rings. The first-order chi connectivity index (χ1) is 19.3. The minimum atomic E-state index is -4.11. The maximum Gasteiger partial charge on any atom is 0.339 e. The van der Waals surface area contributed by atoms with Crippen molar-refractivity contribution in [2.75, 3.05) is 14.2 Å². The molecule has 6 rings (SSSR count). The molecule has 2 atom stereocenters. The zero-order valence-corrected chi connectivity index (χ0v) is 25.4. The number of benzene rings is 3. The highest BCUT2D eigenvalue weighted by Crippen LogP contribution is 2.64. The Labute approximate surface area is 245 Å². The van der Waals surface area contributed by atoms with Crippen LogP contribution < -0.4 is 18.4 Å². The second-order valence-electron chi connectivity index (χ2n) is 11.2. The molecule has 6 nitrogen and oxygen atoms in total. The zero-order valence-electron chi connectivity index (χ0n) is 23.0. The number of hydrogen-bond acceptors (Lipinski definition) is 6. The van der Waals surface area contributed by atoms with Gasteiger partial charge in [-0.15, -0.1) is 0 Å². The topological polar surface area (TPSA) is 71.1 Å². The summed E-state index contributed by atoms with van der Waals surface area (Å²) in [5, 5.41) is 0. The quantitative estimate of drug-likeness (QED) is 0.259. The van der Waals surface area contributed by atoms with E-state index in [-0.39, 0.29) is 22.0 Å². The Kier molecular flexibility index (Phi) is 7.28. The van der Waals surface area contributed by atoms with Crippen molar-refractivity contribution in [1.82, 2.24) is 0 Å². The first kappa shape index (κ1) is 27.5. The number of methoxy groups -OCH3 is 2. The van der Waals surface area contributed by atoms with Crippen molar-refractivity contribution in [3.63, 3.8) is 0 Å². The molecule has 1 spiro atoms. The predicted molar refractivity (Wildman–Crippen MR) is 157 cm³/mol. The van der Waals surface area contributed by atoms with Gasteiger partial charge in [0.25, 0.3) is 0 Å². The van der Waals surface area contributed by atoms with Crippen LogP contribution in [-0.2, 0) is 21.1 Å². The fourth-order valence-corrected chi connectivity index (χ4v) is 8.70. The van der Waals surface area contributed by atoms with E-state index in [0.29, 0.717) is 5.75 Å². The lowest BCUT2D eigenvalue weighted by atomic mass is 9.51. The average molecular weight is 628 g/mol. The Bertz CT molecular complexity index is 1500. The Morgan fingerprint density at radius 1 is 0.800 bits per heavy atom. The summed E-state index contributed by atoms with van der Waals surface area (Å²) in [6.07, 6.45) is 9.63. The molecule has 3 aliphatic rings. The van der Waals surface area contributed by atoms with Gasteiger partial charge in [0.15, 0.2) is 5.75 Å². The van der Waals surface area contributed by atoms with Crippen LogP contribution in [0.1, 0.15) is 68.9 Å². The molecule has 1 aliphatic heterocycles. The number of halogens is 1. The van der Waals surface area contributed by atoms with E-state index in [1.165, 1.54) is 37.0 Å². The van der Waals surface area contributed by atoms with Crippen molar-refractivity contribution in [3.05, 3.63) is 76.3 Å². The summed E-state index contributed by atoms with van der Waals surface area (Å²) in [6, 6.07) is 18.2. The van der Waals surface area contributed by atoms with Gasteiger partial charge in [0, 0.05) is 39.1 Å². The number of rotatable bonds is 6. The zero-order chi connectivity index (χ0) is 28.0. The third-order valence-corrected chi connectivity index (χ3v) is 11.0. The van der Waals surface area contributed by atoms with E-state index in [4.69, 9.17) is 18.4 Å². The normalized spacial score (nSPS) is 23.4. The summed E-state index contributed by atoms with van der Waals surface area (Å²) in [5.41, 5.74) is 1.22. The first-order valence-electron chi connectivity index (χ1n) is 14.1.